The topological polar surface area (TPSA) is 50.7 Å². The number of ether oxygens (including phenoxy) is 1. The normalized spacial score (nSPS) is 14.8. The van der Waals surface area contributed by atoms with Crippen molar-refractivity contribution in [3.8, 4) is 5.75 Å². The van der Waals surface area contributed by atoms with Gasteiger partial charge in [0.05, 0.1) is 0 Å². The third-order valence-corrected chi connectivity index (χ3v) is 3.68. The molecule has 0 radical (unpaired) electrons. The number of carbonyl (C=O) groups is 1. The number of nitrogens with zero attached hydrogens (tertiary/aromatic N) is 1. The van der Waals surface area contributed by atoms with Gasteiger partial charge in [0.1, 0.15) is 5.75 Å². The molecular weight excluding hydrogens is 252 g/mol. The smallest absolute Gasteiger partial charge is 0.277 e. The average molecular weight is 274 g/mol. The third kappa shape index (κ3) is 4.08. The van der Waals surface area contributed by atoms with E-state index in [0.717, 1.165) is 35.4 Å². The van der Waals surface area contributed by atoms with Gasteiger partial charge in [0.2, 0.25) is 0 Å². The lowest BCUT2D eigenvalue weighted by Crippen LogP contribution is -2.26. The summed E-state index contributed by atoms with van der Waals surface area (Å²) in [7, 11) is 0. The van der Waals surface area contributed by atoms with E-state index in [1.165, 1.54) is 19.3 Å². The maximum Gasteiger partial charge on any atom is 0.277 e. The van der Waals surface area contributed by atoms with Crippen molar-refractivity contribution in [3.05, 3.63) is 29.3 Å². The minimum atomic E-state index is -0.205. The first-order chi connectivity index (χ1) is 9.66. The number of hydrazone groups is 1. The third-order valence-electron chi connectivity index (χ3n) is 3.68. The Morgan fingerprint density at radius 3 is 2.75 bits per heavy atom. The zero-order valence-electron chi connectivity index (χ0n) is 12.2. The van der Waals surface area contributed by atoms with Crippen LogP contribution in [0.3, 0.4) is 0 Å². The minimum Gasteiger partial charge on any atom is -0.483 e. The Bertz CT molecular complexity index is 501. The lowest BCUT2D eigenvalue weighted by Gasteiger charge is -2.12. The highest BCUT2D eigenvalue weighted by molar-refractivity contribution is 5.87. The predicted octanol–water partition coefficient (Wildman–Crippen LogP) is 3.12. The Morgan fingerprint density at radius 1 is 1.25 bits per heavy atom. The van der Waals surface area contributed by atoms with E-state index < -0.39 is 0 Å². The van der Waals surface area contributed by atoms with Crippen molar-refractivity contribution in [2.45, 2.75) is 46.0 Å². The quantitative estimate of drug-likeness (QED) is 0.858. The van der Waals surface area contributed by atoms with Crippen LogP contribution < -0.4 is 10.2 Å². The molecule has 1 aliphatic carbocycles. The zero-order valence-corrected chi connectivity index (χ0v) is 12.2. The van der Waals surface area contributed by atoms with Crippen LogP contribution >= 0.6 is 0 Å². The SMILES string of the molecule is Cc1cccc(OCC(=O)NN=C2CCCCC2)c1C. The first-order valence-electron chi connectivity index (χ1n) is 7.20. The van der Waals surface area contributed by atoms with E-state index in [0.29, 0.717) is 0 Å². The van der Waals surface area contributed by atoms with Crippen LogP contribution in [0.25, 0.3) is 0 Å². The summed E-state index contributed by atoms with van der Waals surface area (Å²) in [4.78, 5) is 11.7. The molecule has 1 amide bonds. The van der Waals surface area contributed by atoms with Crippen molar-refractivity contribution in [1.82, 2.24) is 5.43 Å². The summed E-state index contributed by atoms with van der Waals surface area (Å²) in [5.41, 5.74) is 5.90. The highest BCUT2D eigenvalue weighted by Crippen LogP contribution is 2.20. The first kappa shape index (κ1) is 14.6. The summed E-state index contributed by atoms with van der Waals surface area (Å²) < 4.78 is 5.54. The predicted molar refractivity (Wildman–Crippen MR) is 80.1 cm³/mol. The maximum atomic E-state index is 11.7. The van der Waals surface area contributed by atoms with E-state index in [1.807, 2.05) is 32.0 Å². The Balaban J connectivity index is 1.81. The fourth-order valence-corrected chi connectivity index (χ4v) is 2.27. The van der Waals surface area contributed by atoms with Crippen molar-refractivity contribution in [1.29, 1.82) is 0 Å². The summed E-state index contributed by atoms with van der Waals surface area (Å²) >= 11 is 0. The van der Waals surface area contributed by atoms with E-state index in [-0.39, 0.29) is 12.5 Å². The lowest BCUT2D eigenvalue weighted by molar-refractivity contribution is -0.123. The fraction of sp³-hybridized carbons (Fsp3) is 0.500. The van der Waals surface area contributed by atoms with E-state index in [2.05, 4.69) is 10.5 Å². The van der Waals surface area contributed by atoms with E-state index in [1.54, 1.807) is 0 Å². The summed E-state index contributed by atoms with van der Waals surface area (Å²) in [6, 6.07) is 5.83. The number of amides is 1. The molecule has 1 saturated carbocycles. The molecule has 1 aromatic rings. The second kappa shape index (κ2) is 7.08. The standard InChI is InChI=1S/C16H22N2O2/c1-12-7-6-10-15(13(12)2)20-11-16(19)18-17-14-8-4-3-5-9-14/h6-7,10H,3-5,8-9,11H2,1-2H3,(H,18,19). The van der Waals surface area contributed by atoms with Crippen molar-refractivity contribution < 1.29 is 9.53 Å². The first-order valence-corrected chi connectivity index (χ1v) is 7.20. The Hall–Kier alpha value is -1.84. The molecule has 0 heterocycles. The van der Waals surface area contributed by atoms with Crippen molar-refractivity contribution >= 4 is 11.6 Å². The number of hydrogen-bond donors (Lipinski definition) is 1. The highest BCUT2D eigenvalue weighted by Gasteiger charge is 2.08. The number of nitrogens with one attached hydrogen (secondary N) is 1. The van der Waals surface area contributed by atoms with Gasteiger partial charge in [0.15, 0.2) is 6.61 Å². The van der Waals surface area contributed by atoms with Gasteiger partial charge in [0.25, 0.3) is 5.91 Å². The van der Waals surface area contributed by atoms with Crippen LogP contribution in [0, 0.1) is 13.8 Å². The number of rotatable bonds is 4. The summed E-state index contributed by atoms with van der Waals surface area (Å²) in [6.45, 7) is 4.02. The van der Waals surface area contributed by atoms with Gasteiger partial charge >= 0.3 is 0 Å². The molecule has 0 aliphatic heterocycles. The monoisotopic (exact) mass is 274 g/mol. The molecular formula is C16H22N2O2. The van der Waals surface area contributed by atoms with Crippen LogP contribution in [0.1, 0.15) is 43.2 Å². The molecule has 0 unspecified atom stereocenters. The van der Waals surface area contributed by atoms with Crippen LogP contribution in [-0.2, 0) is 4.79 Å². The molecule has 2 rings (SSSR count). The molecule has 0 atom stereocenters. The second-order valence-electron chi connectivity index (χ2n) is 5.26. The van der Waals surface area contributed by atoms with Crippen molar-refractivity contribution in [2.75, 3.05) is 6.61 Å². The zero-order chi connectivity index (χ0) is 14.4. The molecule has 108 valence electrons. The fourth-order valence-electron chi connectivity index (χ4n) is 2.27. The molecule has 4 nitrogen and oxygen atoms in total. The molecule has 1 fully saturated rings. The van der Waals surface area contributed by atoms with Crippen LogP contribution in [0.2, 0.25) is 0 Å². The molecule has 0 bridgehead atoms. The van der Waals surface area contributed by atoms with E-state index in [4.69, 9.17) is 4.74 Å². The lowest BCUT2D eigenvalue weighted by atomic mass is 9.99. The van der Waals surface area contributed by atoms with Crippen LogP contribution in [-0.4, -0.2) is 18.2 Å². The molecule has 1 N–H and O–H groups in total. The van der Waals surface area contributed by atoms with Gasteiger partial charge in [-0.3, -0.25) is 4.79 Å². The maximum absolute atomic E-state index is 11.7. The Morgan fingerprint density at radius 2 is 2.00 bits per heavy atom. The number of benzene rings is 1. The Labute approximate surface area is 120 Å². The summed E-state index contributed by atoms with van der Waals surface area (Å²) in [5, 5.41) is 4.17. The van der Waals surface area contributed by atoms with Crippen LogP contribution in [0.15, 0.2) is 23.3 Å². The van der Waals surface area contributed by atoms with Crippen molar-refractivity contribution in [2.24, 2.45) is 5.10 Å². The van der Waals surface area contributed by atoms with Gasteiger partial charge in [-0.25, -0.2) is 5.43 Å². The van der Waals surface area contributed by atoms with Gasteiger partial charge in [-0.15, -0.1) is 0 Å². The van der Waals surface area contributed by atoms with Gasteiger partial charge in [-0.1, -0.05) is 18.6 Å². The number of hydrogen-bond acceptors (Lipinski definition) is 3. The minimum absolute atomic E-state index is 0.00106. The highest BCUT2D eigenvalue weighted by atomic mass is 16.5. The molecule has 1 aliphatic rings. The second-order valence-corrected chi connectivity index (χ2v) is 5.26. The van der Waals surface area contributed by atoms with Crippen LogP contribution in [0.5, 0.6) is 5.75 Å². The summed E-state index contributed by atoms with van der Waals surface area (Å²) in [6.07, 6.45) is 5.61. The number of carbonyl (C=O) groups excluding carboxylic acids is 1. The van der Waals surface area contributed by atoms with E-state index in [9.17, 15) is 4.79 Å². The van der Waals surface area contributed by atoms with Gasteiger partial charge in [0, 0.05) is 5.71 Å². The van der Waals surface area contributed by atoms with Gasteiger partial charge in [-0.2, -0.15) is 5.10 Å². The molecule has 4 heteroatoms. The van der Waals surface area contributed by atoms with E-state index >= 15 is 0 Å². The van der Waals surface area contributed by atoms with Gasteiger partial charge < -0.3 is 4.74 Å². The van der Waals surface area contributed by atoms with Crippen molar-refractivity contribution in [3.63, 3.8) is 0 Å². The summed E-state index contributed by atoms with van der Waals surface area (Å²) in [5.74, 6) is 0.550. The molecule has 0 spiro atoms. The average Bonchev–Trinajstić information content (AvgIpc) is 2.48. The molecule has 0 aromatic heterocycles. The molecule has 0 saturated heterocycles. The molecule has 20 heavy (non-hydrogen) atoms. The largest absolute Gasteiger partial charge is 0.483 e. The molecule has 1 aromatic carbocycles. The van der Waals surface area contributed by atoms with Crippen LogP contribution in [0.4, 0.5) is 0 Å². The Kier molecular flexibility index (Phi) is 5.16. The van der Waals surface area contributed by atoms with Gasteiger partial charge in [-0.05, 0) is 56.7 Å². The number of aryl methyl sites for hydroxylation is 1.